The topological polar surface area (TPSA) is 129 Å². The van der Waals surface area contributed by atoms with Crippen molar-refractivity contribution in [1.29, 1.82) is 0 Å². The SMILES string of the molecule is COCCn1c(=O)[nH]c(=O)n(-c2ccc(Sc3ccc([N+](=O)[O-])cc3)cc2)c1=O. The number of aromatic nitrogens is 3. The van der Waals surface area contributed by atoms with Crippen LogP contribution in [0.15, 0.2) is 72.7 Å². The van der Waals surface area contributed by atoms with Crippen LogP contribution in [0.5, 0.6) is 0 Å². The minimum absolute atomic E-state index is 0.00638. The van der Waals surface area contributed by atoms with E-state index in [4.69, 9.17) is 4.74 Å². The standard InChI is InChI=1S/C18H16N4O6S/c1-28-11-10-20-16(23)19-17(24)21(18(20)25)12-2-6-14(7-3-12)29-15-8-4-13(5-9-15)22(26)27/h2-9H,10-11H2,1H3,(H,19,23,24). The molecule has 1 aromatic heterocycles. The highest BCUT2D eigenvalue weighted by molar-refractivity contribution is 7.99. The van der Waals surface area contributed by atoms with Gasteiger partial charge in [0.15, 0.2) is 0 Å². The number of hydrogen-bond acceptors (Lipinski definition) is 7. The Morgan fingerprint density at radius 2 is 1.59 bits per heavy atom. The first kappa shape index (κ1) is 20.3. The molecule has 3 rings (SSSR count). The molecule has 0 radical (unpaired) electrons. The molecule has 29 heavy (non-hydrogen) atoms. The van der Waals surface area contributed by atoms with Gasteiger partial charge in [0, 0.05) is 29.0 Å². The summed E-state index contributed by atoms with van der Waals surface area (Å²) in [6, 6.07) is 12.7. The van der Waals surface area contributed by atoms with Gasteiger partial charge in [-0.2, -0.15) is 0 Å². The van der Waals surface area contributed by atoms with Gasteiger partial charge >= 0.3 is 17.1 Å². The van der Waals surface area contributed by atoms with E-state index in [9.17, 15) is 24.5 Å². The molecule has 0 fully saturated rings. The zero-order valence-electron chi connectivity index (χ0n) is 15.2. The van der Waals surface area contributed by atoms with Crippen LogP contribution in [0.1, 0.15) is 0 Å². The van der Waals surface area contributed by atoms with Gasteiger partial charge in [-0.05, 0) is 36.4 Å². The third-order valence-electron chi connectivity index (χ3n) is 3.98. The molecule has 2 aromatic carbocycles. The summed E-state index contributed by atoms with van der Waals surface area (Å²) in [6.45, 7) is 0.158. The molecular formula is C18H16N4O6S. The predicted octanol–water partition coefficient (Wildman–Crippen LogP) is 1.39. The van der Waals surface area contributed by atoms with E-state index in [0.29, 0.717) is 5.69 Å². The van der Waals surface area contributed by atoms with Crippen LogP contribution in [0.3, 0.4) is 0 Å². The Labute approximate surface area is 167 Å². The second kappa shape index (κ2) is 8.71. The van der Waals surface area contributed by atoms with Gasteiger partial charge in [-0.25, -0.2) is 23.5 Å². The largest absolute Gasteiger partial charge is 0.383 e. The third kappa shape index (κ3) is 4.52. The normalized spacial score (nSPS) is 10.8. The molecule has 0 aliphatic rings. The Bertz CT molecular complexity index is 1200. The first-order valence-corrected chi connectivity index (χ1v) is 9.20. The van der Waals surface area contributed by atoms with Gasteiger partial charge in [-0.3, -0.25) is 15.1 Å². The van der Waals surface area contributed by atoms with E-state index in [1.807, 2.05) is 0 Å². The van der Waals surface area contributed by atoms with Crippen LogP contribution in [0.25, 0.3) is 5.69 Å². The molecule has 0 saturated carbocycles. The van der Waals surface area contributed by atoms with Crippen molar-refractivity contribution < 1.29 is 9.66 Å². The Kier molecular flexibility index (Phi) is 6.10. The minimum atomic E-state index is -0.829. The highest BCUT2D eigenvalue weighted by Crippen LogP contribution is 2.29. The van der Waals surface area contributed by atoms with Crippen LogP contribution in [0.2, 0.25) is 0 Å². The van der Waals surface area contributed by atoms with Crippen LogP contribution in [0, 0.1) is 10.1 Å². The Morgan fingerprint density at radius 3 is 2.14 bits per heavy atom. The smallest absolute Gasteiger partial charge is 0.341 e. The van der Waals surface area contributed by atoms with Crippen molar-refractivity contribution in [2.45, 2.75) is 16.3 Å². The van der Waals surface area contributed by atoms with Crippen molar-refractivity contribution >= 4 is 17.4 Å². The van der Waals surface area contributed by atoms with Crippen molar-refractivity contribution in [3.63, 3.8) is 0 Å². The fourth-order valence-corrected chi connectivity index (χ4v) is 3.37. The maximum absolute atomic E-state index is 12.6. The zero-order chi connectivity index (χ0) is 21.0. The maximum Gasteiger partial charge on any atom is 0.341 e. The highest BCUT2D eigenvalue weighted by Gasteiger charge is 2.12. The van der Waals surface area contributed by atoms with Gasteiger partial charge in [0.05, 0.1) is 23.8 Å². The lowest BCUT2D eigenvalue weighted by Crippen LogP contribution is -2.49. The van der Waals surface area contributed by atoms with Crippen LogP contribution in [0.4, 0.5) is 5.69 Å². The van der Waals surface area contributed by atoms with Crippen molar-refractivity contribution in [3.05, 3.63) is 90.1 Å². The fourth-order valence-electron chi connectivity index (χ4n) is 2.55. The summed E-state index contributed by atoms with van der Waals surface area (Å²) in [6.07, 6.45) is 0. The molecule has 150 valence electrons. The lowest BCUT2D eigenvalue weighted by molar-refractivity contribution is -0.384. The summed E-state index contributed by atoms with van der Waals surface area (Å²) in [4.78, 5) is 50.6. The monoisotopic (exact) mass is 416 g/mol. The van der Waals surface area contributed by atoms with Gasteiger partial charge in [0.2, 0.25) is 0 Å². The molecule has 10 nitrogen and oxygen atoms in total. The lowest BCUT2D eigenvalue weighted by atomic mass is 10.3. The van der Waals surface area contributed by atoms with Gasteiger partial charge in [0.25, 0.3) is 5.69 Å². The number of rotatable bonds is 7. The van der Waals surface area contributed by atoms with Crippen LogP contribution in [-0.4, -0.2) is 32.8 Å². The minimum Gasteiger partial charge on any atom is -0.383 e. The van der Waals surface area contributed by atoms with Gasteiger partial charge in [0.1, 0.15) is 0 Å². The summed E-state index contributed by atoms with van der Waals surface area (Å²) >= 11 is 1.37. The quantitative estimate of drug-likeness (QED) is 0.455. The van der Waals surface area contributed by atoms with Gasteiger partial charge in [-0.1, -0.05) is 11.8 Å². The summed E-state index contributed by atoms with van der Waals surface area (Å²) in [5.74, 6) is 0. The van der Waals surface area contributed by atoms with Gasteiger partial charge < -0.3 is 4.74 Å². The second-order valence-electron chi connectivity index (χ2n) is 5.84. The Morgan fingerprint density at radius 1 is 1.00 bits per heavy atom. The molecule has 0 bridgehead atoms. The molecule has 1 heterocycles. The predicted molar refractivity (Wildman–Crippen MR) is 106 cm³/mol. The van der Waals surface area contributed by atoms with Crippen LogP contribution >= 0.6 is 11.8 Å². The van der Waals surface area contributed by atoms with E-state index in [2.05, 4.69) is 4.98 Å². The number of nitro groups is 1. The number of benzene rings is 2. The molecule has 0 spiro atoms. The van der Waals surface area contributed by atoms with Crippen LogP contribution < -0.4 is 17.1 Å². The number of aromatic amines is 1. The average Bonchev–Trinajstić information content (AvgIpc) is 2.69. The number of methoxy groups -OCH3 is 1. The van der Waals surface area contributed by atoms with E-state index >= 15 is 0 Å². The molecule has 3 aromatic rings. The summed E-state index contributed by atoms with van der Waals surface area (Å²) in [7, 11) is 1.44. The molecule has 11 heteroatoms. The van der Waals surface area contributed by atoms with Crippen molar-refractivity contribution in [1.82, 2.24) is 14.1 Å². The first-order chi connectivity index (χ1) is 13.9. The molecule has 0 saturated heterocycles. The second-order valence-corrected chi connectivity index (χ2v) is 6.99. The highest BCUT2D eigenvalue weighted by atomic mass is 32.2. The molecule has 0 atom stereocenters. The third-order valence-corrected chi connectivity index (χ3v) is 5.00. The summed E-state index contributed by atoms with van der Waals surface area (Å²) < 4.78 is 6.65. The molecular weight excluding hydrogens is 400 g/mol. The Hall–Kier alpha value is -3.44. The van der Waals surface area contributed by atoms with E-state index < -0.39 is 22.0 Å². The number of non-ortho nitro benzene ring substituents is 1. The number of nitrogens with one attached hydrogen (secondary N) is 1. The zero-order valence-corrected chi connectivity index (χ0v) is 16.0. The van der Waals surface area contributed by atoms with Crippen molar-refractivity contribution in [2.24, 2.45) is 0 Å². The molecule has 0 unspecified atom stereocenters. The number of hydrogen-bond donors (Lipinski definition) is 1. The molecule has 0 aliphatic heterocycles. The van der Waals surface area contributed by atoms with E-state index in [1.165, 1.54) is 31.0 Å². The number of nitrogens with zero attached hydrogens (tertiary/aromatic N) is 3. The average molecular weight is 416 g/mol. The lowest BCUT2D eigenvalue weighted by Gasteiger charge is -2.09. The van der Waals surface area contributed by atoms with Gasteiger partial charge in [-0.15, -0.1) is 0 Å². The Balaban J connectivity index is 1.88. The van der Waals surface area contributed by atoms with Crippen molar-refractivity contribution in [3.8, 4) is 5.69 Å². The number of H-pyrrole nitrogens is 1. The molecule has 0 amide bonds. The van der Waals surface area contributed by atoms with E-state index in [0.717, 1.165) is 18.9 Å². The van der Waals surface area contributed by atoms with Crippen molar-refractivity contribution in [2.75, 3.05) is 13.7 Å². The summed E-state index contributed by atoms with van der Waals surface area (Å²) in [5, 5.41) is 10.7. The fraction of sp³-hybridized carbons (Fsp3) is 0.167. The summed E-state index contributed by atoms with van der Waals surface area (Å²) in [5.41, 5.74) is -2.07. The molecule has 1 N–H and O–H groups in total. The number of ether oxygens (including phenoxy) is 1. The van der Waals surface area contributed by atoms with Crippen LogP contribution in [-0.2, 0) is 11.3 Å². The molecule has 0 aliphatic carbocycles. The van der Waals surface area contributed by atoms with E-state index in [-0.39, 0.29) is 18.8 Å². The first-order valence-electron chi connectivity index (χ1n) is 8.38. The number of nitro benzene ring substituents is 1. The van der Waals surface area contributed by atoms with E-state index in [1.54, 1.807) is 36.4 Å². The maximum atomic E-state index is 12.6.